The van der Waals surface area contributed by atoms with E-state index in [-0.39, 0.29) is 5.78 Å². The maximum absolute atomic E-state index is 13.0. The highest BCUT2D eigenvalue weighted by Gasteiger charge is 2.19. The minimum atomic E-state index is -0.247. The normalized spacial score (nSPS) is 12.2. The lowest BCUT2D eigenvalue weighted by atomic mass is 10.1. The molecule has 2 heterocycles. The molecule has 0 aliphatic carbocycles. The van der Waals surface area contributed by atoms with Gasteiger partial charge in [-0.2, -0.15) is 0 Å². The molecule has 0 radical (unpaired) electrons. The maximum Gasteiger partial charge on any atom is 0.211 e. The van der Waals surface area contributed by atoms with Crippen LogP contribution in [0.1, 0.15) is 29.9 Å². The number of hydrogen-bond acceptors (Lipinski definition) is 6. The summed E-state index contributed by atoms with van der Waals surface area (Å²) in [5, 5.41) is 5.24. The van der Waals surface area contributed by atoms with Crippen molar-refractivity contribution in [2.24, 2.45) is 0 Å². The first-order valence-electron chi connectivity index (χ1n) is 9.03. The van der Waals surface area contributed by atoms with Crippen molar-refractivity contribution in [1.82, 2.24) is 15.0 Å². The van der Waals surface area contributed by atoms with E-state index in [1.54, 1.807) is 12.1 Å². The fourth-order valence-corrected chi connectivity index (χ4v) is 3.10. The number of hydrogen-bond donors (Lipinski definition) is 3. The van der Waals surface area contributed by atoms with Crippen LogP contribution in [0.25, 0.3) is 12.2 Å². The van der Waals surface area contributed by atoms with Crippen molar-refractivity contribution in [2.75, 3.05) is 26.6 Å². The van der Waals surface area contributed by atoms with E-state index in [0.717, 1.165) is 16.3 Å². The van der Waals surface area contributed by atoms with Gasteiger partial charge in [-0.05, 0) is 26.0 Å². The molecule has 0 atom stereocenters. The molecule has 3 rings (SSSR count). The number of H-pyrrole nitrogens is 2. The van der Waals surface area contributed by atoms with Crippen LogP contribution in [-0.2, 0) is 0 Å². The van der Waals surface area contributed by atoms with Gasteiger partial charge in [0.15, 0.2) is 11.5 Å². The van der Waals surface area contributed by atoms with E-state index < -0.39 is 0 Å². The van der Waals surface area contributed by atoms with E-state index in [9.17, 15) is 4.79 Å². The second-order valence-corrected chi connectivity index (χ2v) is 6.12. The standard InChI is InChI=1S/C21H24N4O4/c1-6-13-14(7-2)22-10-15(13)24-21-23-11-16(25-21)19(26)12-8-17(27-3)20(29-5)18(9-12)28-4/h6-11,22H,1-5H3,(H2,23,24,25)/b13-6+,14-7+. The quantitative estimate of drug-likeness (QED) is 0.530. The van der Waals surface area contributed by atoms with Crippen LogP contribution in [0.4, 0.5) is 11.6 Å². The van der Waals surface area contributed by atoms with E-state index in [0.29, 0.717) is 34.5 Å². The Morgan fingerprint density at radius 2 is 1.76 bits per heavy atom. The first kappa shape index (κ1) is 20.1. The molecule has 3 aromatic rings. The van der Waals surface area contributed by atoms with Crippen molar-refractivity contribution in [3.05, 3.63) is 46.4 Å². The Labute approximate surface area is 168 Å². The topological polar surface area (TPSA) is 101 Å². The van der Waals surface area contributed by atoms with Crippen LogP contribution in [0.2, 0.25) is 0 Å². The molecule has 0 aliphatic rings. The first-order chi connectivity index (χ1) is 14.1. The smallest absolute Gasteiger partial charge is 0.211 e. The molecule has 0 spiro atoms. The number of rotatable bonds is 7. The second kappa shape index (κ2) is 8.55. The largest absolute Gasteiger partial charge is 0.493 e. The number of ether oxygens (including phenoxy) is 3. The van der Waals surface area contributed by atoms with Gasteiger partial charge in [0, 0.05) is 22.3 Å². The number of methoxy groups -OCH3 is 3. The van der Waals surface area contributed by atoms with Gasteiger partial charge < -0.3 is 29.5 Å². The Morgan fingerprint density at radius 1 is 1.07 bits per heavy atom. The minimum absolute atomic E-state index is 0.247. The predicted molar refractivity (Wildman–Crippen MR) is 112 cm³/mol. The second-order valence-electron chi connectivity index (χ2n) is 6.12. The number of ketones is 1. The van der Waals surface area contributed by atoms with Crippen molar-refractivity contribution in [2.45, 2.75) is 13.8 Å². The van der Waals surface area contributed by atoms with Crippen molar-refractivity contribution < 1.29 is 19.0 Å². The molecule has 0 fully saturated rings. The third-order valence-corrected chi connectivity index (χ3v) is 4.53. The molecule has 0 aliphatic heterocycles. The molecule has 29 heavy (non-hydrogen) atoms. The lowest BCUT2D eigenvalue weighted by molar-refractivity contribution is 0.103. The molecule has 1 aromatic carbocycles. The average molecular weight is 396 g/mol. The number of aromatic amines is 2. The number of carbonyl (C=O) groups is 1. The number of nitrogens with zero attached hydrogens (tertiary/aromatic N) is 1. The fraction of sp³-hybridized carbons (Fsp3) is 0.238. The molecular weight excluding hydrogens is 372 g/mol. The van der Waals surface area contributed by atoms with Crippen LogP contribution in [0, 0.1) is 0 Å². The molecule has 0 amide bonds. The highest BCUT2D eigenvalue weighted by atomic mass is 16.5. The Morgan fingerprint density at radius 3 is 2.31 bits per heavy atom. The summed E-state index contributed by atoms with van der Waals surface area (Å²) in [6.45, 7) is 3.92. The molecule has 0 saturated carbocycles. The monoisotopic (exact) mass is 396 g/mol. The Bertz CT molecular complexity index is 1120. The molecular formula is C21H24N4O4. The number of carbonyl (C=O) groups excluding carboxylic acids is 1. The zero-order valence-electron chi connectivity index (χ0n) is 17.0. The van der Waals surface area contributed by atoms with Gasteiger partial charge >= 0.3 is 0 Å². The zero-order valence-corrected chi connectivity index (χ0v) is 17.0. The highest BCUT2D eigenvalue weighted by Crippen LogP contribution is 2.38. The van der Waals surface area contributed by atoms with Crippen LogP contribution in [0.5, 0.6) is 17.2 Å². The Kier molecular flexibility index (Phi) is 5.92. The first-order valence-corrected chi connectivity index (χ1v) is 9.03. The number of benzene rings is 1. The summed E-state index contributed by atoms with van der Waals surface area (Å²) in [5.41, 5.74) is 1.59. The summed E-state index contributed by atoms with van der Waals surface area (Å²) in [6.07, 6.45) is 7.33. The van der Waals surface area contributed by atoms with Gasteiger partial charge in [0.2, 0.25) is 17.5 Å². The lowest BCUT2D eigenvalue weighted by Crippen LogP contribution is -2.23. The Balaban J connectivity index is 1.91. The van der Waals surface area contributed by atoms with E-state index >= 15 is 0 Å². The van der Waals surface area contributed by atoms with Gasteiger partial charge in [0.1, 0.15) is 5.69 Å². The van der Waals surface area contributed by atoms with Crippen molar-refractivity contribution in [3.63, 3.8) is 0 Å². The van der Waals surface area contributed by atoms with Gasteiger partial charge in [-0.25, -0.2) is 4.98 Å². The number of nitrogens with one attached hydrogen (secondary N) is 3. The fourth-order valence-electron chi connectivity index (χ4n) is 3.10. The molecule has 0 unspecified atom stereocenters. The molecule has 8 heteroatoms. The van der Waals surface area contributed by atoms with E-state index in [2.05, 4.69) is 20.3 Å². The van der Waals surface area contributed by atoms with Crippen LogP contribution >= 0.6 is 0 Å². The number of anilines is 2. The van der Waals surface area contributed by atoms with Gasteiger partial charge in [-0.3, -0.25) is 4.79 Å². The number of imidazole rings is 1. The summed E-state index contributed by atoms with van der Waals surface area (Å²) in [6, 6.07) is 3.22. The van der Waals surface area contributed by atoms with E-state index in [4.69, 9.17) is 14.2 Å². The van der Waals surface area contributed by atoms with Gasteiger partial charge in [0.05, 0.1) is 33.2 Å². The Hall–Kier alpha value is -3.68. The molecule has 8 nitrogen and oxygen atoms in total. The summed E-state index contributed by atoms with van der Waals surface area (Å²) in [7, 11) is 4.52. The molecule has 0 saturated heterocycles. The van der Waals surface area contributed by atoms with Crippen molar-refractivity contribution >= 4 is 29.6 Å². The summed E-state index contributed by atoms with van der Waals surface area (Å²) < 4.78 is 15.9. The minimum Gasteiger partial charge on any atom is -0.493 e. The average Bonchev–Trinajstić information content (AvgIpc) is 3.38. The highest BCUT2D eigenvalue weighted by molar-refractivity contribution is 6.08. The van der Waals surface area contributed by atoms with Crippen LogP contribution < -0.4 is 30.1 Å². The van der Waals surface area contributed by atoms with Crippen LogP contribution in [0.3, 0.4) is 0 Å². The molecule has 2 aromatic heterocycles. The predicted octanol–water partition coefficient (Wildman–Crippen LogP) is 2.34. The van der Waals surface area contributed by atoms with E-state index in [1.165, 1.54) is 27.5 Å². The SMILES string of the molecule is C/C=c1/c(Nc2ncc(C(=O)c3cc(OC)c(OC)c(OC)c3)[nH]2)c[nH]/c1=C/C. The molecule has 3 N–H and O–H groups in total. The lowest BCUT2D eigenvalue weighted by Gasteiger charge is -2.13. The van der Waals surface area contributed by atoms with Gasteiger partial charge in [0.25, 0.3) is 0 Å². The number of aromatic nitrogens is 3. The summed E-state index contributed by atoms with van der Waals surface area (Å²) in [5.74, 6) is 1.46. The van der Waals surface area contributed by atoms with Gasteiger partial charge in [-0.1, -0.05) is 12.2 Å². The van der Waals surface area contributed by atoms with Crippen LogP contribution in [-0.4, -0.2) is 42.1 Å². The third-order valence-electron chi connectivity index (χ3n) is 4.53. The summed E-state index contributed by atoms with van der Waals surface area (Å²) >= 11 is 0. The zero-order chi connectivity index (χ0) is 21.0. The third kappa shape index (κ3) is 3.82. The van der Waals surface area contributed by atoms with Crippen molar-refractivity contribution in [1.29, 1.82) is 0 Å². The molecule has 0 bridgehead atoms. The maximum atomic E-state index is 13.0. The van der Waals surface area contributed by atoms with Crippen LogP contribution in [0.15, 0.2) is 24.5 Å². The summed E-state index contributed by atoms with van der Waals surface area (Å²) in [4.78, 5) is 23.4. The van der Waals surface area contributed by atoms with Gasteiger partial charge in [-0.15, -0.1) is 0 Å². The van der Waals surface area contributed by atoms with Crippen molar-refractivity contribution in [3.8, 4) is 17.2 Å². The molecule has 152 valence electrons. The van der Waals surface area contributed by atoms with E-state index in [1.807, 2.05) is 32.2 Å².